The molecule has 0 spiro atoms. The number of carbonyl (C=O) groups is 1. The molecule has 0 N–H and O–H groups in total. The summed E-state index contributed by atoms with van der Waals surface area (Å²) in [6.07, 6.45) is 4.85. The SMILES string of the molecule is CCC1CCC(=O)CC1Cc1cscn1. The van der Waals surface area contributed by atoms with Crippen LogP contribution in [0.1, 0.15) is 38.3 Å². The van der Waals surface area contributed by atoms with E-state index < -0.39 is 0 Å². The molecule has 1 aromatic heterocycles. The molecule has 2 unspecified atom stereocenters. The van der Waals surface area contributed by atoms with Gasteiger partial charge >= 0.3 is 0 Å². The van der Waals surface area contributed by atoms with E-state index in [1.807, 2.05) is 5.51 Å². The third-order valence-corrected chi connectivity index (χ3v) is 4.06. The molecule has 1 fully saturated rings. The molecule has 82 valence electrons. The van der Waals surface area contributed by atoms with Gasteiger partial charge in [0.05, 0.1) is 11.2 Å². The Morgan fingerprint density at radius 3 is 3.07 bits per heavy atom. The lowest BCUT2D eigenvalue weighted by Gasteiger charge is -2.29. The molecular formula is C12H17NOS. The number of rotatable bonds is 3. The predicted octanol–water partition coefficient (Wildman–Crippen LogP) is 3.08. The molecule has 0 bridgehead atoms. The molecule has 1 aromatic rings. The fraction of sp³-hybridized carbons (Fsp3) is 0.667. The molecule has 2 nitrogen and oxygen atoms in total. The second-order valence-corrected chi connectivity index (χ2v) is 5.11. The minimum atomic E-state index is 0.444. The Kier molecular flexibility index (Phi) is 3.52. The highest BCUT2D eigenvalue weighted by molar-refractivity contribution is 7.07. The fourth-order valence-electron chi connectivity index (χ4n) is 2.53. The molecule has 0 aromatic carbocycles. The Balaban J connectivity index is 2.01. The van der Waals surface area contributed by atoms with Gasteiger partial charge in [0.1, 0.15) is 5.78 Å². The van der Waals surface area contributed by atoms with Crippen molar-refractivity contribution in [3.8, 4) is 0 Å². The molecule has 1 aliphatic carbocycles. The van der Waals surface area contributed by atoms with E-state index in [2.05, 4.69) is 17.3 Å². The number of nitrogens with zero attached hydrogens (tertiary/aromatic N) is 1. The molecule has 0 aliphatic heterocycles. The van der Waals surface area contributed by atoms with Gasteiger partial charge in [-0.05, 0) is 24.7 Å². The maximum absolute atomic E-state index is 11.4. The minimum Gasteiger partial charge on any atom is -0.300 e. The Morgan fingerprint density at radius 1 is 1.53 bits per heavy atom. The van der Waals surface area contributed by atoms with E-state index in [-0.39, 0.29) is 0 Å². The van der Waals surface area contributed by atoms with E-state index in [9.17, 15) is 4.79 Å². The predicted molar refractivity (Wildman–Crippen MR) is 61.9 cm³/mol. The summed E-state index contributed by atoms with van der Waals surface area (Å²) in [5.74, 6) is 1.71. The van der Waals surface area contributed by atoms with Crippen molar-refractivity contribution in [2.75, 3.05) is 0 Å². The van der Waals surface area contributed by atoms with E-state index in [0.717, 1.165) is 37.3 Å². The normalized spacial score (nSPS) is 26.9. The summed E-state index contributed by atoms with van der Waals surface area (Å²) in [7, 11) is 0. The van der Waals surface area contributed by atoms with Crippen molar-refractivity contribution in [3.05, 3.63) is 16.6 Å². The van der Waals surface area contributed by atoms with Gasteiger partial charge in [-0.25, -0.2) is 4.98 Å². The van der Waals surface area contributed by atoms with Gasteiger partial charge in [0.15, 0.2) is 0 Å². The number of hydrogen-bond acceptors (Lipinski definition) is 3. The first-order chi connectivity index (χ1) is 7.29. The van der Waals surface area contributed by atoms with Gasteiger partial charge in [0, 0.05) is 18.2 Å². The number of ketones is 1. The van der Waals surface area contributed by atoms with E-state index in [4.69, 9.17) is 0 Å². The summed E-state index contributed by atoms with van der Waals surface area (Å²) in [6.45, 7) is 2.23. The summed E-state index contributed by atoms with van der Waals surface area (Å²) < 4.78 is 0. The summed E-state index contributed by atoms with van der Waals surface area (Å²) in [4.78, 5) is 15.8. The van der Waals surface area contributed by atoms with Gasteiger partial charge in [-0.2, -0.15) is 0 Å². The van der Waals surface area contributed by atoms with Crippen molar-refractivity contribution in [3.63, 3.8) is 0 Å². The van der Waals surface area contributed by atoms with Crippen LogP contribution in [0.3, 0.4) is 0 Å². The van der Waals surface area contributed by atoms with Crippen LogP contribution in [-0.4, -0.2) is 10.8 Å². The average Bonchev–Trinajstić information content (AvgIpc) is 2.71. The van der Waals surface area contributed by atoms with Gasteiger partial charge in [0.2, 0.25) is 0 Å². The largest absolute Gasteiger partial charge is 0.300 e. The topological polar surface area (TPSA) is 30.0 Å². The van der Waals surface area contributed by atoms with E-state index >= 15 is 0 Å². The lowest BCUT2D eigenvalue weighted by atomic mass is 9.75. The third kappa shape index (κ3) is 2.65. The number of aromatic nitrogens is 1. The summed E-state index contributed by atoms with van der Waals surface area (Å²) in [6, 6.07) is 0. The van der Waals surface area contributed by atoms with Gasteiger partial charge < -0.3 is 0 Å². The smallest absolute Gasteiger partial charge is 0.133 e. The van der Waals surface area contributed by atoms with Crippen LogP contribution in [0.25, 0.3) is 0 Å². The average molecular weight is 223 g/mol. The Labute approximate surface area is 94.7 Å². The number of thiazole rings is 1. The van der Waals surface area contributed by atoms with Gasteiger partial charge in [0.25, 0.3) is 0 Å². The standard InChI is InChI=1S/C12H17NOS/c1-2-9-3-4-12(14)6-10(9)5-11-7-15-8-13-11/h7-10H,2-6H2,1H3. The Bertz CT molecular complexity index is 320. The molecule has 3 heteroatoms. The first-order valence-corrected chi connectivity index (χ1v) is 6.62. The zero-order chi connectivity index (χ0) is 10.7. The van der Waals surface area contributed by atoms with Crippen LogP contribution in [-0.2, 0) is 11.2 Å². The Morgan fingerprint density at radius 2 is 2.40 bits per heavy atom. The van der Waals surface area contributed by atoms with Crippen LogP contribution in [0.5, 0.6) is 0 Å². The summed E-state index contributed by atoms with van der Waals surface area (Å²) >= 11 is 1.64. The van der Waals surface area contributed by atoms with Crippen LogP contribution in [0.15, 0.2) is 10.9 Å². The van der Waals surface area contributed by atoms with Crippen molar-refractivity contribution >= 4 is 17.1 Å². The molecule has 0 radical (unpaired) electrons. The lowest BCUT2D eigenvalue weighted by molar-refractivity contribution is -0.122. The maximum Gasteiger partial charge on any atom is 0.133 e. The van der Waals surface area contributed by atoms with Crippen molar-refractivity contribution in [1.82, 2.24) is 4.98 Å². The highest BCUT2D eigenvalue weighted by Gasteiger charge is 2.28. The molecule has 1 aliphatic rings. The summed E-state index contributed by atoms with van der Waals surface area (Å²) in [5.41, 5.74) is 3.04. The van der Waals surface area contributed by atoms with Crippen molar-refractivity contribution in [2.24, 2.45) is 11.8 Å². The second kappa shape index (κ2) is 4.88. The van der Waals surface area contributed by atoms with Crippen molar-refractivity contribution in [1.29, 1.82) is 0 Å². The first kappa shape index (κ1) is 10.8. The first-order valence-electron chi connectivity index (χ1n) is 5.68. The molecule has 1 saturated carbocycles. The molecule has 2 atom stereocenters. The number of carbonyl (C=O) groups excluding carboxylic acids is 1. The van der Waals surface area contributed by atoms with Crippen LogP contribution in [0.2, 0.25) is 0 Å². The Hall–Kier alpha value is -0.700. The molecule has 0 amide bonds. The van der Waals surface area contributed by atoms with Gasteiger partial charge in [-0.1, -0.05) is 13.3 Å². The fourth-order valence-corrected chi connectivity index (χ4v) is 3.10. The molecule has 15 heavy (non-hydrogen) atoms. The number of hydrogen-bond donors (Lipinski definition) is 0. The molecule has 2 rings (SSSR count). The van der Waals surface area contributed by atoms with Crippen LogP contribution in [0.4, 0.5) is 0 Å². The highest BCUT2D eigenvalue weighted by atomic mass is 32.1. The third-order valence-electron chi connectivity index (χ3n) is 3.43. The summed E-state index contributed by atoms with van der Waals surface area (Å²) in [5, 5.41) is 2.10. The molecule has 0 saturated heterocycles. The lowest BCUT2D eigenvalue weighted by Crippen LogP contribution is -2.26. The van der Waals surface area contributed by atoms with Crippen molar-refractivity contribution < 1.29 is 4.79 Å². The zero-order valence-corrected chi connectivity index (χ0v) is 9.93. The molecule has 1 heterocycles. The molecular weight excluding hydrogens is 206 g/mol. The quantitative estimate of drug-likeness (QED) is 0.788. The number of Topliss-reactive ketones (excluding diaryl/α,β-unsaturated/α-hetero) is 1. The maximum atomic E-state index is 11.4. The van der Waals surface area contributed by atoms with E-state index in [0.29, 0.717) is 11.7 Å². The van der Waals surface area contributed by atoms with Crippen LogP contribution in [0, 0.1) is 11.8 Å². The highest BCUT2D eigenvalue weighted by Crippen LogP contribution is 2.32. The van der Waals surface area contributed by atoms with Gasteiger partial charge in [-0.15, -0.1) is 11.3 Å². The minimum absolute atomic E-state index is 0.444. The second-order valence-electron chi connectivity index (χ2n) is 4.39. The van der Waals surface area contributed by atoms with Crippen molar-refractivity contribution in [2.45, 2.75) is 39.0 Å². The zero-order valence-electron chi connectivity index (χ0n) is 9.11. The van der Waals surface area contributed by atoms with Crippen LogP contribution >= 0.6 is 11.3 Å². The van der Waals surface area contributed by atoms with Gasteiger partial charge in [-0.3, -0.25) is 4.79 Å². The van der Waals surface area contributed by atoms with E-state index in [1.165, 1.54) is 6.42 Å². The van der Waals surface area contributed by atoms with E-state index in [1.54, 1.807) is 11.3 Å². The van der Waals surface area contributed by atoms with Crippen LogP contribution < -0.4 is 0 Å². The monoisotopic (exact) mass is 223 g/mol.